The van der Waals surface area contributed by atoms with Gasteiger partial charge in [0.05, 0.1) is 19.7 Å². The second kappa shape index (κ2) is 12.1. The van der Waals surface area contributed by atoms with Crippen LogP contribution in [-0.2, 0) is 22.6 Å². The van der Waals surface area contributed by atoms with Crippen LogP contribution in [0.3, 0.4) is 0 Å². The van der Waals surface area contributed by atoms with Crippen LogP contribution in [0, 0.1) is 0 Å². The van der Waals surface area contributed by atoms with Gasteiger partial charge in [0.2, 0.25) is 5.91 Å². The van der Waals surface area contributed by atoms with E-state index in [-0.39, 0.29) is 43.5 Å². The van der Waals surface area contributed by atoms with E-state index in [9.17, 15) is 14.4 Å². The minimum atomic E-state index is -0.686. The molecule has 1 heterocycles. The Morgan fingerprint density at radius 1 is 1.09 bits per heavy atom. The zero-order valence-electron chi connectivity index (χ0n) is 18.5. The molecule has 9 heteroatoms. The van der Waals surface area contributed by atoms with Gasteiger partial charge < -0.3 is 15.4 Å². The molecule has 0 fully saturated rings. The second-order valence-corrected chi connectivity index (χ2v) is 8.54. The number of aromatic amines is 1. The number of thioether (sulfide) groups is 1. The maximum Gasteiger partial charge on any atom is 0.330 e. The Bertz CT molecular complexity index is 1160. The van der Waals surface area contributed by atoms with Crippen LogP contribution in [-0.4, -0.2) is 34.9 Å². The predicted molar refractivity (Wildman–Crippen MR) is 132 cm³/mol. The van der Waals surface area contributed by atoms with Crippen LogP contribution in [0.5, 0.6) is 0 Å². The van der Waals surface area contributed by atoms with Gasteiger partial charge in [-0.25, -0.2) is 4.79 Å². The summed E-state index contributed by atoms with van der Waals surface area (Å²) < 4.78 is 6.26. The van der Waals surface area contributed by atoms with Crippen LogP contribution in [0.25, 0.3) is 0 Å². The van der Waals surface area contributed by atoms with Crippen LogP contribution in [0.15, 0.2) is 75.1 Å². The minimum absolute atomic E-state index is 0.0183. The third kappa shape index (κ3) is 6.59. The lowest BCUT2D eigenvalue weighted by molar-refractivity contribution is -0.118. The van der Waals surface area contributed by atoms with Crippen LogP contribution >= 0.6 is 11.8 Å². The summed E-state index contributed by atoms with van der Waals surface area (Å²) in [7, 11) is 1.51. The molecular weight excluding hydrogens is 440 g/mol. The number of amides is 1. The molecule has 0 atom stereocenters. The van der Waals surface area contributed by atoms with Crippen LogP contribution in [0.2, 0.25) is 0 Å². The molecule has 8 nitrogen and oxygen atoms in total. The van der Waals surface area contributed by atoms with Crippen molar-refractivity contribution in [1.29, 1.82) is 0 Å². The van der Waals surface area contributed by atoms with Gasteiger partial charge in [-0.15, -0.1) is 11.8 Å². The molecule has 174 valence electrons. The number of benzene rings is 2. The number of methoxy groups -OCH3 is 1. The second-order valence-electron chi connectivity index (χ2n) is 7.37. The molecule has 0 saturated heterocycles. The van der Waals surface area contributed by atoms with Gasteiger partial charge in [-0.2, -0.15) is 0 Å². The quantitative estimate of drug-likeness (QED) is 0.331. The SMILES string of the molecule is COCCn1c(N)c(N(Cc2ccccc2)C(=O)CCCSc2ccccc2)c(=O)[nH]c1=O. The van der Waals surface area contributed by atoms with E-state index in [4.69, 9.17) is 10.5 Å². The Kier molecular flexibility index (Phi) is 8.91. The Hall–Kier alpha value is -3.30. The summed E-state index contributed by atoms with van der Waals surface area (Å²) in [5.74, 6) is 0.471. The Morgan fingerprint density at radius 3 is 2.42 bits per heavy atom. The first-order valence-electron chi connectivity index (χ1n) is 10.6. The lowest BCUT2D eigenvalue weighted by Crippen LogP contribution is -2.41. The van der Waals surface area contributed by atoms with Gasteiger partial charge >= 0.3 is 5.69 Å². The lowest BCUT2D eigenvalue weighted by Gasteiger charge is -2.25. The lowest BCUT2D eigenvalue weighted by atomic mass is 10.2. The van der Waals surface area contributed by atoms with Crippen LogP contribution in [0.1, 0.15) is 18.4 Å². The molecule has 3 N–H and O–H groups in total. The summed E-state index contributed by atoms with van der Waals surface area (Å²) in [6.07, 6.45) is 0.869. The number of ether oxygens (including phenoxy) is 1. The number of rotatable bonds is 11. The number of hydrogen-bond acceptors (Lipinski definition) is 6. The molecule has 3 aromatic rings. The van der Waals surface area contributed by atoms with E-state index in [1.54, 1.807) is 11.8 Å². The summed E-state index contributed by atoms with van der Waals surface area (Å²) in [6.45, 7) is 0.562. The number of aromatic nitrogens is 2. The van der Waals surface area contributed by atoms with Crippen molar-refractivity contribution >= 4 is 29.2 Å². The first kappa shape index (κ1) is 24.3. The molecule has 0 bridgehead atoms. The molecule has 2 aromatic carbocycles. The van der Waals surface area contributed by atoms with E-state index in [0.29, 0.717) is 6.42 Å². The van der Waals surface area contributed by atoms with E-state index in [1.165, 1.54) is 16.6 Å². The van der Waals surface area contributed by atoms with Gasteiger partial charge in [-0.1, -0.05) is 48.5 Å². The number of anilines is 2. The fourth-order valence-electron chi connectivity index (χ4n) is 3.37. The largest absolute Gasteiger partial charge is 0.383 e. The molecule has 0 spiro atoms. The van der Waals surface area contributed by atoms with Crippen molar-refractivity contribution in [1.82, 2.24) is 9.55 Å². The fraction of sp³-hybridized carbons (Fsp3) is 0.292. The molecule has 1 amide bonds. The Labute approximate surface area is 196 Å². The third-order valence-electron chi connectivity index (χ3n) is 5.03. The number of nitrogen functional groups attached to an aromatic ring is 1. The Morgan fingerprint density at radius 2 is 1.76 bits per heavy atom. The van der Waals surface area contributed by atoms with Crippen molar-refractivity contribution in [2.75, 3.05) is 30.1 Å². The fourth-order valence-corrected chi connectivity index (χ4v) is 4.24. The number of hydrogen-bond donors (Lipinski definition) is 2. The third-order valence-corrected chi connectivity index (χ3v) is 6.13. The van der Waals surface area contributed by atoms with Crippen molar-refractivity contribution in [3.8, 4) is 0 Å². The van der Waals surface area contributed by atoms with Crippen molar-refractivity contribution in [3.63, 3.8) is 0 Å². The van der Waals surface area contributed by atoms with Crippen molar-refractivity contribution in [2.24, 2.45) is 0 Å². The smallest absolute Gasteiger partial charge is 0.330 e. The molecule has 0 unspecified atom stereocenters. The monoisotopic (exact) mass is 468 g/mol. The molecular formula is C24H28N4O4S. The van der Waals surface area contributed by atoms with Gasteiger partial charge in [-0.3, -0.25) is 19.1 Å². The van der Waals surface area contributed by atoms with E-state index in [2.05, 4.69) is 4.98 Å². The van der Waals surface area contributed by atoms with Gasteiger partial charge in [0.25, 0.3) is 5.56 Å². The van der Waals surface area contributed by atoms with Crippen molar-refractivity contribution in [3.05, 3.63) is 87.1 Å². The number of nitrogens with two attached hydrogens (primary N) is 1. The summed E-state index contributed by atoms with van der Waals surface area (Å²) in [5.41, 5.74) is 5.74. The zero-order chi connectivity index (χ0) is 23.6. The highest BCUT2D eigenvalue weighted by molar-refractivity contribution is 7.99. The standard InChI is InChI=1S/C24H28N4O4S/c1-32-15-14-27-22(25)21(23(30)26-24(27)31)28(17-18-9-4-2-5-10-18)20(29)13-8-16-33-19-11-6-3-7-12-19/h2-7,9-12H,8,13-17,25H2,1H3,(H,26,30,31). The van der Waals surface area contributed by atoms with E-state index >= 15 is 0 Å². The van der Waals surface area contributed by atoms with E-state index in [0.717, 1.165) is 16.2 Å². The van der Waals surface area contributed by atoms with Gasteiger partial charge in [0, 0.05) is 18.4 Å². The van der Waals surface area contributed by atoms with Crippen LogP contribution < -0.4 is 21.9 Å². The van der Waals surface area contributed by atoms with Gasteiger partial charge in [0.15, 0.2) is 5.69 Å². The maximum absolute atomic E-state index is 13.3. The molecule has 0 aliphatic carbocycles. The summed E-state index contributed by atoms with van der Waals surface area (Å²) in [5, 5.41) is 0. The maximum atomic E-state index is 13.3. The first-order valence-corrected chi connectivity index (χ1v) is 11.6. The predicted octanol–water partition coefficient (Wildman–Crippen LogP) is 2.87. The van der Waals surface area contributed by atoms with Crippen LogP contribution in [0.4, 0.5) is 11.5 Å². The summed E-state index contributed by atoms with van der Waals surface area (Å²) >= 11 is 1.67. The molecule has 0 saturated carbocycles. The highest BCUT2D eigenvalue weighted by atomic mass is 32.2. The summed E-state index contributed by atoms with van der Waals surface area (Å²) in [4.78, 5) is 43.1. The number of carbonyl (C=O) groups is 1. The minimum Gasteiger partial charge on any atom is -0.383 e. The van der Waals surface area contributed by atoms with E-state index in [1.807, 2.05) is 60.7 Å². The molecule has 0 aliphatic heterocycles. The van der Waals surface area contributed by atoms with Crippen molar-refractivity contribution in [2.45, 2.75) is 30.8 Å². The molecule has 0 aliphatic rings. The molecule has 33 heavy (non-hydrogen) atoms. The topological polar surface area (TPSA) is 110 Å². The average molecular weight is 469 g/mol. The molecule has 0 radical (unpaired) electrons. The zero-order valence-corrected chi connectivity index (χ0v) is 19.3. The van der Waals surface area contributed by atoms with Crippen molar-refractivity contribution < 1.29 is 9.53 Å². The number of nitrogens with one attached hydrogen (secondary N) is 1. The average Bonchev–Trinajstić information content (AvgIpc) is 2.82. The number of nitrogens with zero attached hydrogens (tertiary/aromatic N) is 2. The highest BCUT2D eigenvalue weighted by Gasteiger charge is 2.24. The Balaban J connectivity index is 1.84. The van der Waals surface area contributed by atoms with Gasteiger partial charge in [0.1, 0.15) is 5.82 Å². The summed E-state index contributed by atoms with van der Waals surface area (Å²) in [6, 6.07) is 19.3. The highest BCUT2D eigenvalue weighted by Crippen LogP contribution is 2.23. The molecule has 3 rings (SSSR count). The normalized spacial score (nSPS) is 10.8. The molecule has 1 aromatic heterocycles. The number of carbonyl (C=O) groups excluding carboxylic acids is 1. The van der Waals surface area contributed by atoms with Gasteiger partial charge in [-0.05, 0) is 29.9 Å². The first-order chi connectivity index (χ1) is 16.0. The van der Waals surface area contributed by atoms with E-state index < -0.39 is 11.2 Å². The number of H-pyrrole nitrogens is 1.